The molecule has 5 nitrogen and oxygen atoms in total. The predicted molar refractivity (Wildman–Crippen MR) is 49.8 cm³/mol. The predicted octanol–water partition coefficient (Wildman–Crippen LogP) is 0.520. The van der Waals surface area contributed by atoms with E-state index in [2.05, 4.69) is 0 Å². The van der Waals surface area contributed by atoms with Gasteiger partial charge in [0.15, 0.2) is 0 Å². The Labute approximate surface area is 86.2 Å². The van der Waals surface area contributed by atoms with Crippen LogP contribution in [0, 0.1) is 0 Å². The molecule has 1 aliphatic rings. The van der Waals surface area contributed by atoms with Gasteiger partial charge in [0.1, 0.15) is 0 Å². The molecule has 1 fully saturated rings. The van der Waals surface area contributed by atoms with Crippen LogP contribution in [0.15, 0.2) is 0 Å². The van der Waals surface area contributed by atoms with Crippen molar-refractivity contribution in [1.82, 2.24) is 10.6 Å². The zero-order chi connectivity index (χ0) is 10.8. The zero-order valence-corrected chi connectivity index (χ0v) is 8.48. The van der Waals surface area contributed by atoms with E-state index >= 15 is 0 Å². The summed E-state index contributed by atoms with van der Waals surface area (Å²) in [4.78, 5) is 31.7. The Morgan fingerprint density at radius 3 is 2.14 bits per heavy atom. The lowest BCUT2D eigenvalue weighted by molar-refractivity contribution is -0.134. The number of carbonyl (C=O) groups excluding carboxylic acids is 3. The SMILES string of the molecule is CCCCC1(Cl)C(=O)NC(=O)NC1=O. The highest BCUT2D eigenvalue weighted by Gasteiger charge is 2.48. The second kappa shape index (κ2) is 3.96. The van der Waals surface area contributed by atoms with Gasteiger partial charge in [-0.1, -0.05) is 31.4 Å². The number of amides is 4. The molecule has 0 saturated carbocycles. The highest BCUT2D eigenvalue weighted by atomic mass is 35.5. The summed E-state index contributed by atoms with van der Waals surface area (Å²) in [6.45, 7) is 1.92. The minimum atomic E-state index is -1.62. The molecular weight excluding hydrogens is 208 g/mol. The van der Waals surface area contributed by atoms with E-state index in [-0.39, 0.29) is 6.42 Å². The number of rotatable bonds is 3. The van der Waals surface area contributed by atoms with Crippen LogP contribution in [0.4, 0.5) is 4.79 Å². The molecule has 2 N–H and O–H groups in total. The van der Waals surface area contributed by atoms with Gasteiger partial charge in [0.2, 0.25) is 4.87 Å². The number of hydrogen-bond acceptors (Lipinski definition) is 3. The van der Waals surface area contributed by atoms with Crippen molar-refractivity contribution in [1.29, 1.82) is 0 Å². The molecule has 1 aliphatic heterocycles. The Kier molecular flexibility index (Phi) is 3.10. The summed E-state index contributed by atoms with van der Waals surface area (Å²) in [6.07, 6.45) is 1.71. The van der Waals surface area contributed by atoms with Gasteiger partial charge in [-0.05, 0) is 6.42 Å². The van der Waals surface area contributed by atoms with Gasteiger partial charge in [-0.2, -0.15) is 0 Å². The number of urea groups is 1. The fraction of sp³-hybridized carbons (Fsp3) is 0.625. The van der Waals surface area contributed by atoms with Gasteiger partial charge in [-0.25, -0.2) is 4.79 Å². The molecule has 4 amide bonds. The van der Waals surface area contributed by atoms with Crippen LogP contribution in [0.25, 0.3) is 0 Å². The third-order valence-corrected chi connectivity index (χ3v) is 2.58. The Bertz CT molecular complexity index is 270. The molecule has 0 aromatic heterocycles. The fourth-order valence-electron chi connectivity index (χ4n) is 1.19. The third kappa shape index (κ3) is 1.87. The first-order chi connectivity index (χ1) is 6.50. The van der Waals surface area contributed by atoms with Gasteiger partial charge in [-0.15, -0.1) is 0 Å². The average molecular weight is 219 g/mol. The molecule has 14 heavy (non-hydrogen) atoms. The van der Waals surface area contributed by atoms with Crippen LogP contribution in [-0.2, 0) is 9.59 Å². The highest BCUT2D eigenvalue weighted by molar-refractivity contribution is 6.49. The molecule has 0 aliphatic carbocycles. The topological polar surface area (TPSA) is 75.3 Å². The summed E-state index contributed by atoms with van der Waals surface area (Å²) in [5.74, 6) is -1.47. The van der Waals surface area contributed by atoms with E-state index in [9.17, 15) is 14.4 Å². The molecule has 1 rings (SSSR count). The standard InChI is InChI=1S/C8H11ClN2O3/c1-2-3-4-8(9)5(12)10-7(14)11-6(8)13/h2-4H2,1H3,(H2,10,11,12,13,14). The van der Waals surface area contributed by atoms with E-state index in [0.29, 0.717) is 6.42 Å². The Morgan fingerprint density at radius 1 is 1.21 bits per heavy atom. The van der Waals surface area contributed by atoms with Crippen molar-refractivity contribution in [2.45, 2.75) is 31.1 Å². The molecule has 0 radical (unpaired) electrons. The van der Waals surface area contributed by atoms with Crippen LogP contribution >= 0.6 is 11.6 Å². The molecule has 78 valence electrons. The number of imide groups is 2. The van der Waals surface area contributed by atoms with Crippen LogP contribution in [0.1, 0.15) is 26.2 Å². The second-order valence-electron chi connectivity index (χ2n) is 3.14. The largest absolute Gasteiger partial charge is 0.328 e. The number of nitrogens with one attached hydrogen (secondary N) is 2. The molecule has 0 aromatic rings. The molecule has 6 heteroatoms. The monoisotopic (exact) mass is 218 g/mol. The number of alkyl halides is 1. The van der Waals surface area contributed by atoms with Crippen LogP contribution in [0.2, 0.25) is 0 Å². The summed E-state index contributed by atoms with van der Waals surface area (Å²) in [5, 5.41) is 3.93. The number of halogens is 1. The van der Waals surface area contributed by atoms with Gasteiger partial charge < -0.3 is 0 Å². The van der Waals surface area contributed by atoms with E-state index < -0.39 is 22.7 Å². The maximum Gasteiger partial charge on any atom is 0.328 e. The zero-order valence-electron chi connectivity index (χ0n) is 7.72. The van der Waals surface area contributed by atoms with Crippen LogP contribution in [-0.4, -0.2) is 22.7 Å². The number of carbonyl (C=O) groups is 3. The van der Waals surface area contributed by atoms with Crippen molar-refractivity contribution in [3.05, 3.63) is 0 Å². The summed E-state index contributed by atoms with van der Waals surface area (Å²) < 4.78 is 0. The van der Waals surface area contributed by atoms with Crippen LogP contribution in [0.3, 0.4) is 0 Å². The second-order valence-corrected chi connectivity index (χ2v) is 3.79. The first-order valence-electron chi connectivity index (χ1n) is 4.36. The summed E-state index contributed by atoms with van der Waals surface area (Å²) in [6, 6.07) is -0.812. The Hall–Kier alpha value is -1.10. The van der Waals surface area contributed by atoms with E-state index in [0.717, 1.165) is 6.42 Å². The fourth-order valence-corrected chi connectivity index (χ4v) is 1.41. The average Bonchev–Trinajstić information content (AvgIpc) is 2.11. The Morgan fingerprint density at radius 2 is 1.71 bits per heavy atom. The number of barbiturate groups is 1. The molecule has 0 aromatic carbocycles. The first kappa shape index (κ1) is 11.0. The maximum atomic E-state index is 11.3. The van der Waals surface area contributed by atoms with Gasteiger partial charge in [0.25, 0.3) is 11.8 Å². The molecule has 0 unspecified atom stereocenters. The van der Waals surface area contributed by atoms with Crippen molar-refractivity contribution in [3.63, 3.8) is 0 Å². The molecule has 0 atom stereocenters. The highest BCUT2D eigenvalue weighted by Crippen LogP contribution is 2.25. The van der Waals surface area contributed by atoms with E-state index in [4.69, 9.17) is 11.6 Å². The lowest BCUT2D eigenvalue weighted by Gasteiger charge is -2.27. The summed E-state index contributed by atoms with van der Waals surface area (Å²) in [7, 11) is 0. The van der Waals surface area contributed by atoms with Gasteiger partial charge in [0.05, 0.1) is 0 Å². The van der Waals surface area contributed by atoms with Gasteiger partial charge in [-0.3, -0.25) is 20.2 Å². The van der Waals surface area contributed by atoms with E-state index in [1.54, 1.807) is 0 Å². The normalized spacial score (nSPS) is 20.3. The quantitative estimate of drug-likeness (QED) is 0.536. The molecule has 0 bridgehead atoms. The van der Waals surface area contributed by atoms with Crippen molar-refractivity contribution in [2.75, 3.05) is 0 Å². The molecule has 0 spiro atoms. The van der Waals surface area contributed by atoms with Crippen molar-refractivity contribution >= 4 is 29.4 Å². The molecule has 1 heterocycles. The third-order valence-electron chi connectivity index (χ3n) is 2.05. The number of unbranched alkanes of at least 4 members (excludes halogenated alkanes) is 1. The summed E-state index contributed by atoms with van der Waals surface area (Å²) >= 11 is 5.84. The number of hydrogen-bond donors (Lipinski definition) is 2. The van der Waals surface area contributed by atoms with Crippen molar-refractivity contribution in [2.24, 2.45) is 0 Å². The maximum absolute atomic E-state index is 11.3. The summed E-state index contributed by atoms with van der Waals surface area (Å²) in [5.41, 5.74) is 0. The van der Waals surface area contributed by atoms with Crippen molar-refractivity contribution in [3.8, 4) is 0 Å². The molecular formula is C8H11ClN2O3. The smallest absolute Gasteiger partial charge is 0.276 e. The molecule has 1 saturated heterocycles. The lowest BCUT2D eigenvalue weighted by atomic mass is 9.98. The Balaban J connectivity index is 2.79. The van der Waals surface area contributed by atoms with Crippen LogP contribution in [0.5, 0.6) is 0 Å². The van der Waals surface area contributed by atoms with E-state index in [1.807, 2.05) is 17.6 Å². The van der Waals surface area contributed by atoms with Gasteiger partial charge in [0, 0.05) is 0 Å². The minimum Gasteiger partial charge on any atom is -0.276 e. The van der Waals surface area contributed by atoms with Crippen molar-refractivity contribution < 1.29 is 14.4 Å². The van der Waals surface area contributed by atoms with Crippen LogP contribution < -0.4 is 10.6 Å². The minimum absolute atomic E-state index is 0.232. The van der Waals surface area contributed by atoms with E-state index in [1.165, 1.54) is 0 Å². The lowest BCUT2D eigenvalue weighted by Crippen LogP contribution is -2.63. The first-order valence-corrected chi connectivity index (χ1v) is 4.74. The van der Waals surface area contributed by atoms with Gasteiger partial charge >= 0.3 is 6.03 Å².